The first-order valence-electron chi connectivity index (χ1n) is 18.5. The average Bonchev–Trinajstić information content (AvgIpc) is 3.21. The van der Waals surface area contributed by atoms with E-state index in [2.05, 4.69) is 198 Å². The van der Waals surface area contributed by atoms with Gasteiger partial charge in [-0.1, -0.05) is 0 Å². The van der Waals surface area contributed by atoms with Crippen LogP contribution in [0, 0.1) is 6.92 Å². The Hall–Kier alpha value is -6.30. The summed E-state index contributed by atoms with van der Waals surface area (Å²) in [4.78, 5) is 7.78. The molecule has 4 heteroatoms. The molecule has 0 atom stereocenters. The predicted molar refractivity (Wildman–Crippen MR) is 227 cm³/mol. The molecule has 0 aliphatic carbocycles. The number of rotatable bonds is 3. The molecule has 0 saturated carbocycles. The van der Waals surface area contributed by atoms with E-state index in [-0.39, 0.29) is 0 Å². The van der Waals surface area contributed by atoms with Crippen molar-refractivity contribution in [1.82, 2.24) is 0 Å². The molecule has 0 N–H and O–H groups in total. The molecule has 9 aromatic rings. The van der Waals surface area contributed by atoms with E-state index in [0.29, 0.717) is 0 Å². The monoisotopic (exact) mass is 737 g/mol. The Morgan fingerprint density at radius 3 is 1.06 bits per heavy atom. The fourth-order valence-corrected chi connectivity index (χ4v) is 18.1. The second-order valence-electron chi connectivity index (χ2n) is 14.5. The van der Waals surface area contributed by atoms with Gasteiger partial charge in [0.2, 0.25) is 0 Å². The van der Waals surface area contributed by atoms with Gasteiger partial charge in [0.1, 0.15) is 0 Å². The number of aryl methyl sites for hydroxylation is 1. The molecule has 0 unspecified atom stereocenters. The van der Waals surface area contributed by atoms with E-state index in [0.717, 1.165) is 0 Å². The molecule has 3 heterocycles. The molecule has 9 aromatic carbocycles. The summed E-state index contributed by atoms with van der Waals surface area (Å²) in [6.45, 7) is 2.23. The van der Waals surface area contributed by atoms with Crippen LogP contribution >= 0.6 is 0 Å². The zero-order chi connectivity index (χ0) is 34.8. The molecule has 0 amide bonds. The Morgan fingerprint density at radius 2 is 0.604 bits per heavy atom. The number of benzene rings is 9. The quantitative estimate of drug-likeness (QED) is 0.167. The van der Waals surface area contributed by atoms with Crippen molar-refractivity contribution in [2.24, 2.45) is 0 Å². The normalized spacial score (nSPS) is 13.9. The molecule has 248 valence electrons. The van der Waals surface area contributed by atoms with E-state index in [4.69, 9.17) is 0 Å². The minimum absolute atomic E-state index is 1.22. The molecule has 3 nitrogen and oxygen atoms in total. The summed E-state index contributed by atoms with van der Waals surface area (Å²) in [5.74, 6) is 0. The van der Waals surface area contributed by atoms with Crippen LogP contribution in [0.5, 0.6) is 0 Å². The number of anilines is 9. The van der Waals surface area contributed by atoms with Crippen LogP contribution < -0.4 is 27.9 Å². The number of hydrogen-bond donors (Lipinski definition) is 0. The van der Waals surface area contributed by atoms with Crippen LogP contribution in [-0.2, 0) is 0 Å². The van der Waals surface area contributed by atoms with Crippen molar-refractivity contribution in [1.29, 1.82) is 0 Å². The molecular weight excluding hydrogens is 703 g/mol. The van der Waals surface area contributed by atoms with E-state index in [1.54, 1.807) is 0 Å². The summed E-state index contributed by atoms with van der Waals surface area (Å²) in [6, 6.07) is 65.9. The Labute approximate surface area is 312 Å². The average molecular weight is 736 g/mol. The summed E-state index contributed by atoms with van der Waals surface area (Å²) in [5.41, 5.74) is 12.9. The minimum atomic E-state index is -2.76. The molecule has 0 aromatic heterocycles. The summed E-state index contributed by atoms with van der Waals surface area (Å²) in [5, 5.41) is 7.60. The van der Waals surface area contributed by atoms with E-state index >= 15 is 0 Å². The van der Waals surface area contributed by atoms with Crippen LogP contribution in [-0.4, -0.2) is 14.3 Å². The van der Waals surface area contributed by atoms with E-state index in [1.165, 1.54) is 102 Å². The number of nitrogens with zero attached hydrogens (tertiary/aromatic N) is 3. The van der Waals surface area contributed by atoms with Gasteiger partial charge in [-0.3, -0.25) is 0 Å². The van der Waals surface area contributed by atoms with Crippen molar-refractivity contribution < 1.29 is 0 Å². The van der Waals surface area contributed by atoms with Gasteiger partial charge < -0.3 is 0 Å². The van der Waals surface area contributed by atoms with Crippen molar-refractivity contribution in [2.45, 2.75) is 6.92 Å². The summed E-state index contributed by atoms with van der Waals surface area (Å²) < 4.78 is 4.61. The molecule has 0 spiro atoms. The molecule has 3 aliphatic heterocycles. The molecule has 0 saturated heterocycles. The number of hydrogen-bond acceptors (Lipinski definition) is 3. The zero-order valence-corrected chi connectivity index (χ0v) is 31.6. The van der Waals surface area contributed by atoms with Gasteiger partial charge in [0, 0.05) is 0 Å². The van der Waals surface area contributed by atoms with Crippen LogP contribution in [0.2, 0.25) is 0 Å². The molecule has 53 heavy (non-hydrogen) atoms. The van der Waals surface area contributed by atoms with Crippen molar-refractivity contribution in [3.05, 3.63) is 181 Å². The zero-order valence-electron chi connectivity index (χ0n) is 29.2. The summed E-state index contributed by atoms with van der Waals surface area (Å²) in [6.07, 6.45) is 0. The first kappa shape index (κ1) is 29.3. The van der Waals surface area contributed by atoms with Gasteiger partial charge in [-0.15, -0.1) is 0 Å². The van der Waals surface area contributed by atoms with Crippen LogP contribution in [0.3, 0.4) is 0 Å². The second-order valence-corrected chi connectivity index (χ2v) is 20.0. The molecule has 3 aliphatic rings. The first-order valence-corrected chi connectivity index (χ1v) is 22.1. The Kier molecular flexibility index (Phi) is 6.00. The Balaban J connectivity index is 1.24. The number of fused-ring (bicyclic) bond motifs is 3. The molecular formula is C49H33GeN3. The van der Waals surface area contributed by atoms with Crippen LogP contribution in [0.15, 0.2) is 176 Å². The molecule has 0 radical (unpaired) electrons. The van der Waals surface area contributed by atoms with Gasteiger partial charge in [0.25, 0.3) is 0 Å². The van der Waals surface area contributed by atoms with Gasteiger partial charge in [-0.2, -0.15) is 0 Å². The standard InChI is InChI=1S/C49H33GeN3/c1-31-29-30-40(37-20-7-6-17-34(31)37)53-45-27-11-25-43-48(45)50-47-41(51(43)38-21-8-15-32-13-2-4-18-35(32)38)23-10-24-42(47)52(44-26-12-28-46(53)49(44)50)39-22-9-16-33-14-3-5-19-36(33)39/h2-30,50H,1H3. The molecule has 0 bridgehead atoms. The Morgan fingerprint density at radius 1 is 0.283 bits per heavy atom. The van der Waals surface area contributed by atoms with E-state index in [1.807, 2.05) is 0 Å². The maximum absolute atomic E-state index is 2.76. The van der Waals surface area contributed by atoms with E-state index < -0.39 is 14.3 Å². The van der Waals surface area contributed by atoms with Gasteiger partial charge in [0.15, 0.2) is 0 Å². The van der Waals surface area contributed by atoms with Gasteiger partial charge in [0.05, 0.1) is 0 Å². The fraction of sp³-hybridized carbons (Fsp3) is 0.0204. The third-order valence-corrected chi connectivity index (χ3v) is 19.2. The van der Waals surface area contributed by atoms with Crippen molar-refractivity contribution >= 4 is 111 Å². The first-order chi connectivity index (χ1) is 26.3. The topological polar surface area (TPSA) is 9.72 Å². The second kappa shape index (κ2) is 10.9. The SMILES string of the molecule is Cc1ccc(N2c3cccc4[c]3[GeH]3[c]5c(cccc5N(c5cccc6ccccc56)c5cccc2[c]53)N4c2cccc3ccccc23)c2ccccc12. The third kappa shape index (κ3) is 3.89. The predicted octanol–water partition coefficient (Wildman–Crippen LogP) is 11.1. The molecule has 12 rings (SSSR count). The van der Waals surface area contributed by atoms with Gasteiger partial charge in [-0.05, 0) is 0 Å². The molecule has 0 fully saturated rings. The summed E-state index contributed by atoms with van der Waals surface area (Å²) >= 11 is -2.76. The Bertz CT molecular complexity index is 2850. The van der Waals surface area contributed by atoms with Crippen molar-refractivity contribution in [3.63, 3.8) is 0 Å². The van der Waals surface area contributed by atoms with E-state index in [9.17, 15) is 0 Å². The van der Waals surface area contributed by atoms with Crippen molar-refractivity contribution in [3.8, 4) is 0 Å². The van der Waals surface area contributed by atoms with Crippen LogP contribution in [0.4, 0.5) is 51.2 Å². The van der Waals surface area contributed by atoms with Crippen molar-refractivity contribution in [2.75, 3.05) is 14.7 Å². The van der Waals surface area contributed by atoms with Crippen LogP contribution in [0.1, 0.15) is 5.56 Å². The van der Waals surface area contributed by atoms with Gasteiger partial charge >= 0.3 is 314 Å². The van der Waals surface area contributed by atoms with Gasteiger partial charge in [-0.25, -0.2) is 0 Å². The van der Waals surface area contributed by atoms with Crippen LogP contribution in [0.25, 0.3) is 32.3 Å². The summed E-state index contributed by atoms with van der Waals surface area (Å²) in [7, 11) is 0. The fourth-order valence-electron chi connectivity index (χ4n) is 9.72. The maximum atomic E-state index is 2.60. The third-order valence-electron chi connectivity index (χ3n) is 11.9.